The third-order valence-corrected chi connectivity index (χ3v) is 4.17. The van der Waals surface area contributed by atoms with Gasteiger partial charge in [0.2, 0.25) is 0 Å². The molecule has 5 nitrogen and oxygen atoms in total. The summed E-state index contributed by atoms with van der Waals surface area (Å²) >= 11 is 0. The second kappa shape index (κ2) is 3.38. The molecular formula is C14H13N3O2. The van der Waals surface area contributed by atoms with Crippen LogP contribution in [-0.4, -0.2) is 13.9 Å². The first-order valence-electron chi connectivity index (χ1n) is 6.40. The molecule has 2 bridgehead atoms. The van der Waals surface area contributed by atoms with Crippen LogP contribution in [0.1, 0.15) is 19.0 Å². The minimum Gasteiger partial charge on any atom is -0.245 e. The van der Waals surface area contributed by atoms with Gasteiger partial charge in [-0.3, -0.25) is 0 Å². The Morgan fingerprint density at radius 2 is 1.42 bits per heavy atom. The number of nitrogens with zero attached hydrogens (tertiary/aromatic N) is 3. The van der Waals surface area contributed by atoms with E-state index in [1.165, 1.54) is 4.57 Å². The average molecular weight is 255 g/mol. The van der Waals surface area contributed by atoms with Crippen LogP contribution in [0.2, 0.25) is 0 Å². The molecule has 1 aliphatic heterocycles. The van der Waals surface area contributed by atoms with Crippen molar-refractivity contribution in [1.29, 1.82) is 0 Å². The molecule has 1 aromatic carbocycles. The molecule has 0 saturated heterocycles. The zero-order valence-corrected chi connectivity index (χ0v) is 10.4. The van der Waals surface area contributed by atoms with Crippen molar-refractivity contribution in [1.82, 2.24) is 13.9 Å². The van der Waals surface area contributed by atoms with Gasteiger partial charge in [-0.15, -0.1) is 0 Å². The molecular weight excluding hydrogens is 242 g/mol. The highest BCUT2D eigenvalue weighted by Gasteiger charge is 2.43. The molecule has 0 saturated carbocycles. The maximum Gasteiger partial charge on any atom is 0.352 e. The smallest absolute Gasteiger partial charge is 0.245 e. The first kappa shape index (κ1) is 10.6. The highest BCUT2D eigenvalue weighted by atomic mass is 16.2. The summed E-state index contributed by atoms with van der Waals surface area (Å²) in [7, 11) is 0. The summed E-state index contributed by atoms with van der Waals surface area (Å²) in [6.07, 6.45) is 4.04. The van der Waals surface area contributed by atoms with E-state index in [-0.39, 0.29) is 29.4 Å². The maximum atomic E-state index is 12.5. The van der Waals surface area contributed by atoms with Gasteiger partial charge < -0.3 is 0 Å². The van der Waals surface area contributed by atoms with Crippen molar-refractivity contribution in [3.63, 3.8) is 0 Å². The van der Waals surface area contributed by atoms with Crippen LogP contribution in [0, 0.1) is 5.92 Å². The lowest BCUT2D eigenvalue weighted by Gasteiger charge is -2.07. The topological polar surface area (TPSA) is 48.9 Å². The van der Waals surface area contributed by atoms with Gasteiger partial charge in [-0.1, -0.05) is 37.3 Å². The van der Waals surface area contributed by atoms with Gasteiger partial charge in [-0.05, 0) is 12.1 Å². The zero-order valence-electron chi connectivity index (χ0n) is 10.4. The monoisotopic (exact) mass is 255 g/mol. The van der Waals surface area contributed by atoms with E-state index in [0.29, 0.717) is 5.69 Å². The van der Waals surface area contributed by atoms with Crippen molar-refractivity contribution in [3.05, 3.63) is 63.5 Å². The van der Waals surface area contributed by atoms with E-state index < -0.39 is 0 Å². The summed E-state index contributed by atoms with van der Waals surface area (Å²) in [6, 6.07) is 9.08. The summed E-state index contributed by atoms with van der Waals surface area (Å²) in [5, 5.41) is 0. The lowest BCUT2D eigenvalue weighted by molar-refractivity contribution is 0.476. The Morgan fingerprint density at radius 3 is 1.95 bits per heavy atom. The number of hydrogen-bond donors (Lipinski definition) is 0. The van der Waals surface area contributed by atoms with Crippen LogP contribution in [-0.2, 0) is 0 Å². The number of para-hydroxylation sites is 1. The first-order chi connectivity index (χ1) is 9.20. The standard InChI is InChI=1S/C14H13N3O2/c1-9-11-7-8-12(9)17-14(19)15(13(18)16(11)17)10-5-3-2-4-6-10/h2-9,11-12H,1H3/t9?,11-,12+. The molecule has 0 radical (unpaired) electrons. The number of aromatic nitrogens is 3. The Hall–Kier alpha value is -2.30. The van der Waals surface area contributed by atoms with Crippen LogP contribution < -0.4 is 11.4 Å². The molecule has 0 fully saturated rings. The summed E-state index contributed by atoms with van der Waals surface area (Å²) in [5.41, 5.74) is 0.124. The molecule has 2 aromatic rings. The largest absolute Gasteiger partial charge is 0.352 e. The fourth-order valence-electron chi connectivity index (χ4n) is 3.20. The Morgan fingerprint density at radius 1 is 0.895 bits per heavy atom. The van der Waals surface area contributed by atoms with Gasteiger partial charge in [0, 0.05) is 5.92 Å². The van der Waals surface area contributed by atoms with Crippen LogP contribution in [0.15, 0.2) is 52.1 Å². The second-order valence-electron chi connectivity index (χ2n) is 5.15. The molecule has 0 spiro atoms. The Balaban J connectivity index is 2.03. The van der Waals surface area contributed by atoms with Gasteiger partial charge in [0.1, 0.15) is 0 Å². The number of fused-ring (bicyclic) bond motifs is 5. The van der Waals surface area contributed by atoms with Gasteiger partial charge in [0.15, 0.2) is 0 Å². The van der Waals surface area contributed by atoms with Crippen molar-refractivity contribution in [3.8, 4) is 5.69 Å². The quantitative estimate of drug-likeness (QED) is 0.716. The van der Waals surface area contributed by atoms with E-state index in [1.54, 1.807) is 21.5 Å². The first-order valence-corrected chi connectivity index (χ1v) is 6.40. The van der Waals surface area contributed by atoms with Crippen LogP contribution in [0.3, 0.4) is 0 Å². The Bertz CT molecular complexity index is 749. The van der Waals surface area contributed by atoms with Gasteiger partial charge in [-0.2, -0.15) is 0 Å². The molecule has 3 atom stereocenters. The maximum absolute atomic E-state index is 12.5. The lowest BCUT2D eigenvalue weighted by Crippen LogP contribution is -2.30. The lowest BCUT2D eigenvalue weighted by atomic mass is 10.0. The van der Waals surface area contributed by atoms with Crippen molar-refractivity contribution in [2.75, 3.05) is 0 Å². The van der Waals surface area contributed by atoms with Gasteiger partial charge in [-0.25, -0.2) is 23.5 Å². The predicted molar refractivity (Wildman–Crippen MR) is 70.7 cm³/mol. The Kier molecular flexibility index (Phi) is 1.88. The highest BCUT2D eigenvalue weighted by Crippen LogP contribution is 2.41. The Labute approximate surface area is 109 Å². The van der Waals surface area contributed by atoms with Crippen LogP contribution in [0.25, 0.3) is 5.69 Å². The van der Waals surface area contributed by atoms with Gasteiger partial charge in [0.05, 0.1) is 17.8 Å². The minimum atomic E-state index is -0.250. The molecule has 4 rings (SSSR count). The van der Waals surface area contributed by atoms with Crippen molar-refractivity contribution in [2.24, 2.45) is 5.92 Å². The molecule has 2 aliphatic rings. The van der Waals surface area contributed by atoms with Crippen LogP contribution >= 0.6 is 0 Å². The molecule has 1 aromatic heterocycles. The minimum absolute atomic E-state index is 0.00941. The van der Waals surface area contributed by atoms with Crippen molar-refractivity contribution < 1.29 is 0 Å². The van der Waals surface area contributed by atoms with Crippen molar-refractivity contribution in [2.45, 2.75) is 19.0 Å². The third kappa shape index (κ3) is 1.15. The predicted octanol–water partition coefficient (Wildman–Crippen LogP) is 1.10. The molecule has 2 heterocycles. The number of hydrogen-bond acceptors (Lipinski definition) is 2. The van der Waals surface area contributed by atoms with E-state index in [4.69, 9.17) is 0 Å². The van der Waals surface area contributed by atoms with Crippen LogP contribution in [0.5, 0.6) is 0 Å². The summed E-state index contributed by atoms with van der Waals surface area (Å²) in [6.45, 7) is 2.07. The second-order valence-corrected chi connectivity index (χ2v) is 5.15. The van der Waals surface area contributed by atoms with E-state index in [1.807, 2.05) is 30.4 Å². The number of allylic oxidation sites excluding steroid dienone is 2. The van der Waals surface area contributed by atoms with E-state index in [2.05, 4.69) is 6.92 Å². The number of benzene rings is 1. The summed E-state index contributed by atoms with van der Waals surface area (Å²) < 4.78 is 4.42. The molecule has 5 heteroatoms. The third-order valence-electron chi connectivity index (χ3n) is 4.17. The van der Waals surface area contributed by atoms with E-state index in [9.17, 15) is 9.59 Å². The fourth-order valence-corrected chi connectivity index (χ4v) is 3.20. The normalized spacial score (nSPS) is 26.9. The fraction of sp³-hybridized carbons (Fsp3) is 0.286. The highest BCUT2D eigenvalue weighted by molar-refractivity contribution is 5.31. The zero-order chi connectivity index (χ0) is 13.1. The summed E-state index contributed by atoms with van der Waals surface area (Å²) in [4.78, 5) is 25.0. The molecule has 0 N–H and O–H groups in total. The molecule has 1 aliphatic carbocycles. The average Bonchev–Trinajstić information content (AvgIpc) is 3.01. The molecule has 1 unspecified atom stereocenters. The molecule has 0 amide bonds. The van der Waals surface area contributed by atoms with Gasteiger partial charge >= 0.3 is 11.4 Å². The van der Waals surface area contributed by atoms with Crippen LogP contribution in [0.4, 0.5) is 0 Å². The summed E-state index contributed by atoms with van der Waals surface area (Å²) in [5.74, 6) is 0.283. The van der Waals surface area contributed by atoms with Crippen molar-refractivity contribution >= 4 is 0 Å². The SMILES string of the molecule is CC1[C@H]2C=C[C@@H]1n1c(=O)n(-c3ccccc3)c(=O)n12. The van der Waals surface area contributed by atoms with E-state index in [0.717, 1.165) is 0 Å². The number of rotatable bonds is 1. The van der Waals surface area contributed by atoms with Gasteiger partial charge in [0.25, 0.3) is 0 Å². The molecule has 19 heavy (non-hydrogen) atoms. The van der Waals surface area contributed by atoms with E-state index >= 15 is 0 Å². The molecule has 96 valence electrons.